The molecule has 0 radical (unpaired) electrons. The van der Waals surface area contributed by atoms with Crippen LogP contribution in [0.5, 0.6) is 11.5 Å². The minimum absolute atomic E-state index is 0.0947. The van der Waals surface area contributed by atoms with Gasteiger partial charge in [0.1, 0.15) is 22.2 Å². The van der Waals surface area contributed by atoms with E-state index < -0.39 is 16.7 Å². The van der Waals surface area contributed by atoms with Crippen LogP contribution in [0.1, 0.15) is 33.3 Å². The maximum absolute atomic E-state index is 12.7. The lowest BCUT2D eigenvalue weighted by Gasteiger charge is -2.36. The molecule has 2 unspecified atom stereocenters. The molecule has 2 atom stereocenters. The summed E-state index contributed by atoms with van der Waals surface area (Å²) in [6, 6.07) is 5.12. The highest BCUT2D eigenvalue weighted by Gasteiger charge is 2.42. The summed E-state index contributed by atoms with van der Waals surface area (Å²) < 4.78 is 10.5. The number of nitrogens with one attached hydrogen (secondary N) is 3. The first kappa shape index (κ1) is 21.4. The Labute approximate surface area is 174 Å². The monoisotopic (exact) mass is 412 g/mol. The summed E-state index contributed by atoms with van der Waals surface area (Å²) in [6.45, 7) is 8.21. The van der Waals surface area contributed by atoms with Crippen LogP contribution in [0.15, 0.2) is 32.8 Å². The lowest BCUT2D eigenvalue weighted by atomic mass is 9.76. The van der Waals surface area contributed by atoms with Crippen molar-refractivity contribution in [2.75, 3.05) is 14.2 Å². The van der Waals surface area contributed by atoms with E-state index in [4.69, 9.17) is 9.47 Å². The molecular formula is C22H28N4O4. The van der Waals surface area contributed by atoms with Crippen molar-refractivity contribution in [3.63, 3.8) is 0 Å². The van der Waals surface area contributed by atoms with Gasteiger partial charge in [-0.2, -0.15) is 0 Å². The van der Waals surface area contributed by atoms with Crippen LogP contribution in [0, 0.1) is 5.41 Å². The van der Waals surface area contributed by atoms with Crippen molar-refractivity contribution in [3.8, 4) is 11.5 Å². The second kappa shape index (κ2) is 7.85. The van der Waals surface area contributed by atoms with Crippen molar-refractivity contribution < 1.29 is 9.47 Å². The standard InChI is InChI=1S/C22H28N4O4/c1-21(2,3)20-22(4,24-12-23-20)11-16-19(28)25-15(18(27)26-16)9-13-7-8-14(29-5)10-17(13)30-6/h7-12,20H,1-6H3,(H,23,24)(H,25,28)(H,26,27)/b15-9-,16-11-. The summed E-state index contributed by atoms with van der Waals surface area (Å²) in [5.74, 6) is 1.15. The molecule has 0 saturated heterocycles. The Bertz CT molecular complexity index is 1200. The molecule has 0 fully saturated rings. The quantitative estimate of drug-likeness (QED) is 0.678. The Balaban J connectivity index is 2.10. The number of H-pyrrole nitrogens is 2. The highest BCUT2D eigenvalue weighted by molar-refractivity contribution is 5.65. The minimum atomic E-state index is -0.599. The fourth-order valence-electron chi connectivity index (χ4n) is 3.82. The highest BCUT2D eigenvalue weighted by Crippen LogP contribution is 2.33. The van der Waals surface area contributed by atoms with Crippen molar-refractivity contribution in [2.45, 2.75) is 39.3 Å². The summed E-state index contributed by atoms with van der Waals surface area (Å²) in [5, 5.41) is 3.53. The van der Waals surface area contributed by atoms with Gasteiger partial charge in [0.05, 0.1) is 32.1 Å². The van der Waals surface area contributed by atoms with Gasteiger partial charge in [-0.1, -0.05) is 20.8 Å². The Hall–Kier alpha value is -3.29. The van der Waals surface area contributed by atoms with Crippen LogP contribution in [0.3, 0.4) is 0 Å². The van der Waals surface area contributed by atoms with Crippen LogP contribution in [0.25, 0.3) is 12.2 Å². The number of methoxy groups -OCH3 is 2. The molecule has 1 aliphatic heterocycles. The zero-order valence-electron chi connectivity index (χ0n) is 18.1. The topological polar surface area (TPSA) is 109 Å². The van der Waals surface area contributed by atoms with Gasteiger partial charge in [-0.05, 0) is 36.6 Å². The summed E-state index contributed by atoms with van der Waals surface area (Å²) in [7, 11) is 3.09. The van der Waals surface area contributed by atoms with E-state index >= 15 is 0 Å². The number of hydrogen-bond donors (Lipinski definition) is 3. The van der Waals surface area contributed by atoms with E-state index in [2.05, 4.69) is 41.0 Å². The number of nitrogens with zero attached hydrogens (tertiary/aromatic N) is 1. The highest BCUT2D eigenvalue weighted by atomic mass is 16.5. The van der Waals surface area contributed by atoms with Crippen LogP contribution in [-0.2, 0) is 0 Å². The van der Waals surface area contributed by atoms with E-state index in [0.717, 1.165) is 0 Å². The molecule has 0 spiro atoms. The van der Waals surface area contributed by atoms with E-state index in [1.54, 1.807) is 43.8 Å². The maximum atomic E-state index is 12.7. The predicted molar refractivity (Wildman–Crippen MR) is 118 cm³/mol. The summed E-state index contributed by atoms with van der Waals surface area (Å²) >= 11 is 0. The van der Waals surface area contributed by atoms with E-state index in [9.17, 15) is 9.59 Å². The van der Waals surface area contributed by atoms with Gasteiger partial charge in [0.2, 0.25) is 0 Å². The van der Waals surface area contributed by atoms with E-state index in [1.165, 1.54) is 7.11 Å². The van der Waals surface area contributed by atoms with Gasteiger partial charge < -0.3 is 24.8 Å². The molecule has 8 nitrogen and oxygen atoms in total. The van der Waals surface area contributed by atoms with Crippen LogP contribution in [0.4, 0.5) is 0 Å². The summed E-state index contributed by atoms with van der Waals surface area (Å²) in [6.07, 6.45) is 4.95. The fourth-order valence-corrected chi connectivity index (χ4v) is 3.82. The van der Waals surface area contributed by atoms with Gasteiger partial charge in [-0.25, -0.2) is 0 Å². The number of aromatic amines is 2. The largest absolute Gasteiger partial charge is 0.497 e. The van der Waals surface area contributed by atoms with Gasteiger partial charge in [0.15, 0.2) is 0 Å². The Kier molecular flexibility index (Phi) is 5.61. The number of ether oxygens (including phenoxy) is 2. The molecule has 0 saturated carbocycles. The second-order valence-corrected chi connectivity index (χ2v) is 8.61. The first-order valence-electron chi connectivity index (χ1n) is 9.66. The third-order valence-electron chi connectivity index (χ3n) is 5.16. The molecule has 8 heteroatoms. The molecule has 3 rings (SSSR count). The zero-order valence-corrected chi connectivity index (χ0v) is 18.1. The molecule has 1 aromatic heterocycles. The van der Waals surface area contributed by atoms with Crippen LogP contribution >= 0.6 is 0 Å². The maximum Gasteiger partial charge on any atom is 0.272 e. The summed E-state index contributed by atoms with van der Waals surface area (Å²) in [5.41, 5.74) is -0.887. The molecule has 1 aromatic carbocycles. The average molecular weight is 412 g/mol. The second-order valence-electron chi connectivity index (χ2n) is 8.61. The van der Waals surface area contributed by atoms with Gasteiger partial charge in [0, 0.05) is 11.6 Å². The van der Waals surface area contributed by atoms with Crippen molar-refractivity contribution in [2.24, 2.45) is 10.4 Å². The molecule has 0 bridgehead atoms. The normalized spacial score (nSPS) is 22.3. The third-order valence-corrected chi connectivity index (χ3v) is 5.16. The van der Waals surface area contributed by atoms with Crippen molar-refractivity contribution in [1.82, 2.24) is 15.3 Å². The Morgan fingerprint density at radius 2 is 1.73 bits per heavy atom. The molecule has 1 aliphatic rings. The van der Waals surface area contributed by atoms with E-state index in [1.807, 2.05) is 6.92 Å². The van der Waals surface area contributed by atoms with Crippen LogP contribution < -0.4 is 36.6 Å². The lowest BCUT2D eigenvalue weighted by Crippen LogP contribution is -2.54. The summed E-state index contributed by atoms with van der Waals surface area (Å²) in [4.78, 5) is 35.3. The minimum Gasteiger partial charge on any atom is -0.497 e. The van der Waals surface area contributed by atoms with Crippen molar-refractivity contribution in [3.05, 3.63) is 55.2 Å². The molecule has 160 valence electrons. The third kappa shape index (κ3) is 4.17. The number of hydrogen-bond acceptors (Lipinski definition) is 6. The van der Waals surface area contributed by atoms with Gasteiger partial charge in [-0.15, -0.1) is 0 Å². The molecule has 2 aromatic rings. The molecule has 3 N–H and O–H groups in total. The smallest absolute Gasteiger partial charge is 0.272 e. The molecule has 0 amide bonds. The van der Waals surface area contributed by atoms with Gasteiger partial charge >= 0.3 is 0 Å². The fraction of sp³-hybridized carbons (Fsp3) is 0.409. The van der Waals surface area contributed by atoms with Gasteiger partial charge in [0.25, 0.3) is 11.1 Å². The first-order chi connectivity index (χ1) is 14.1. The van der Waals surface area contributed by atoms with E-state index in [0.29, 0.717) is 17.1 Å². The molecule has 2 heterocycles. The molecular weight excluding hydrogens is 384 g/mol. The SMILES string of the molecule is COc1ccc(/C=c2\[nH]c(=O)/c(=C/C3(C)NC=NC3C(C)(C)C)[nH]c2=O)c(OC)c1. The van der Waals surface area contributed by atoms with E-state index in [-0.39, 0.29) is 22.2 Å². The van der Waals surface area contributed by atoms with Crippen molar-refractivity contribution >= 4 is 18.5 Å². The number of aliphatic imine (C=N–C) groups is 1. The zero-order chi connectivity index (χ0) is 22.1. The van der Waals surface area contributed by atoms with Crippen LogP contribution in [-0.4, -0.2) is 42.1 Å². The number of rotatable bonds is 4. The lowest BCUT2D eigenvalue weighted by molar-refractivity contribution is 0.262. The Morgan fingerprint density at radius 3 is 2.37 bits per heavy atom. The van der Waals surface area contributed by atoms with Gasteiger partial charge in [-0.3, -0.25) is 14.6 Å². The first-order valence-corrected chi connectivity index (χ1v) is 9.66. The number of aromatic nitrogens is 2. The predicted octanol–water partition coefficient (Wildman–Crippen LogP) is 0.495. The van der Waals surface area contributed by atoms with Crippen molar-refractivity contribution in [1.29, 1.82) is 0 Å². The Morgan fingerprint density at radius 1 is 1.07 bits per heavy atom. The molecule has 30 heavy (non-hydrogen) atoms. The average Bonchev–Trinajstić information content (AvgIpc) is 3.07. The molecule has 0 aliphatic carbocycles. The van der Waals surface area contributed by atoms with Crippen LogP contribution in [0.2, 0.25) is 0 Å². The number of benzene rings is 1.